The summed E-state index contributed by atoms with van der Waals surface area (Å²) in [6.45, 7) is 15.8. The molecule has 0 aromatic carbocycles. The van der Waals surface area contributed by atoms with E-state index in [-0.39, 0.29) is 0 Å². The summed E-state index contributed by atoms with van der Waals surface area (Å²) >= 11 is 0. The van der Waals surface area contributed by atoms with Crippen LogP contribution in [0.2, 0.25) is 0 Å². The Bertz CT molecular complexity index is 366. The molecule has 0 bridgehead atoms. The molecule has 1 aliphatic carbocycles. The molecule has 0 heterocycles. The summed E-state index contributed by atoms with van der Waals surface area (Å²) in [6.07, 6.45) is 5.92. The van der Waals surface area contributed by atoms with Crippen molar-refractivity contribution < 1.29 is 0 Å². The van der Waals surface area contributed by atoms with Crippen LogP contribution in [0, 0.1) is 17.8 Å². The minimum absolute atomic E-state index is 0.484. The van der Waals surface area contributed by atoms with Crippen molar-refractivity contribution in [1.82, 2.24) is 0 Å². The predicted octanol–water partition coefficient (Wildman–Crippen LogP) is 5.56. The maximum absolute atomic E-state index is 5.02. The van der Waals surface area contributed by atoms with Crippen molar-refractivity contribution in [2.24, 2.45) is 27.7 Å². The monoisotopic (exact) mass is 292 g/mol. The quantitative estimate of drug-likeness (QED) is 0.573. The molecule has 0 spiro atoms. The maximum atomic E-state index is 5.02. The first-order valence-corrected chi connectivity index (χ1v) is 8.84. The molecule has 1 fully saturated rings. The zero-order chi connectivity index (χ0) is 16.0. The van der Waals surface area contributed by atoms with Gasteiger partial charge in [0.15, 0.2) is 0 Å². The van der Waals surface area contributed by atoms with E-state index in [9.17, 15) is 0 Å². The number of nitrogens with zero attached hydrogens (tertiary/aromatic N) is 2. The molecule has 1 rings (SSSR count). The van der Waals surface area contributed by atoms with Crippen LogP contribution in [0.5, 0.6) is 0 Å². The van der Waals surface area contributed by atoms with Crippen LogP contribution in [0.4, 0.5) is 0 Å². The van der Waals surface area contributed by atoms with Gasteiger partial charge in [-0.15, -0.1) is 0 Å². The molecule has 2 nitrogen and oxygen atoms in total. The van der Waals surface area contributed by atoms with Gasteiger partial charge < -0.3 is 0 Å². The minimum atomic E-state index is 0.484. The second-order valence-electron chi connectivity index (χ2n) is 7.94. The van der Waals surface area contributed by atoms with Gasteiger partial charge in [0.1, 0.15) is 0 Å². The van der Waals surface area contributed by atoms with Crippen molar-refractivity contribution in [3.05, 3.63) is 0 Å². The lowest BCUT2D eigenvalue weighted by molar-refractivity contribution is 0.303. The van der Waals surface area contributed by atoms with Crippen molar-refractivity contribution in [2.45, 2.75) is 92.7 Å². The zero-order valence-electron chi connectivity index (χ0n) is 15.3. The SMILES string of the molecule is CC(CC(C)C)=NC1CCC(C)C(N=C(C)CC(C)C)C1. The smallest absolute Gasteiger partial charge is 0.0544 e. The Labute approximate surface area is 132 Å². The molecule has 1 saturated carbocycles. The summed E-state index contributed by atoms with van der Waals surface area (Å²) in [6, 6.07) is 0.985. The second-order valence-corrected chi connectivity index (χ2v) is 7.94. The maximum Gasteiger partial charge on any atom is 0.0544 e. The van der Waals surface area contributed by atoms with Gasteiger partial charge >= 0.3 is 0 Å². The normalized spacial score (nSPS) is 28.5. The summed E-state index contributed by atoms with van der Waals surface area (Å²) in [4.78, 5) is 10.00. The first kappa shape index (κ1) is 18.4. The summed E-state index contributed by atoms with van der Waals surface area (Å²) < 4.78 is 0. The van der Waals surface area contributed by atoms with Crippen molar-refractivity contribution in [1.29, 1.82) is 0 Å². The number of hydrogen-bond acceptors (Lipinski definition) is 2. The van der Waals surface area contributed by atoms with Gasteiger partial charge in [-0.1, -0.05) is 34.6 Å². The molecule has 0 amide bonds. The van der Waals surface area contributed by atoms with E-state index in [0.29, 0.717) is 29.8 Å². The fraction of sp³-hybridized carbons (Fsp3) is 0.895. The van der Waals surface area contributed by atoms with Crippen LogP contribution >= 0.6 is 0 Å². The average Bonchev–Trinajstić information content (AvgIpc) is 2.31. The summed E-state index contributed by atoms with van der Waals surface area (Å²) in [7, 11) is 0. The number of aliphatic imine (C=N–C) groups is 2. The molecule has 0 radical (unpaired) electrons. The van der Waals surface area contributed by atoms with E-state index in [2.05, 4.69) is 48.5 Å². The lowest BCUT2D eigenvalue weighted by atomic mass is 9.83. The van der Waals surface area contributed by atoms with Gasteiger partial charge in [0, 0.05) is 11.4 Å². The Morgan fingerprint density at radius 3 is 1.95 bits per heavy atom. The van der Waals surface area contributed by atoms with Crippen LogP contribution in [0.1, 0.15) is 80.6 Å². The Kier molecular flexibility index (Phi) is 7.62. The first-order chi connectivity index (χ1) is 9.77. The van der Waals surface area contributed by atoms with E-state index in [1.165, 1.54) is 24.3 Å². The highest BCUT2D eigenvalue weighted by atomic mass is 14.9. The van der Waals surface area contributed by atoms with E-state index in [1.807, 2.05) is 0 Å². The topological polar surface area (TPSA) is 24.7 Å². The van der Waals surface area contributed by atoms with E-state index in [4.69, 9.17) is 9.98 Å². The number of hydrogen-bond donors (Lipinski definition) is 0. The Hall–Kier alpha value is -0.660. The number of rotatable bonds is 6. The highest BCUT2D eigenvalue weighted by Crippen LogP contribution is 2.29. The van der Waals surface area contributed by atoms with Crippen LogP contribution < -0.4 is 0 Å². The Morgan fingerprint density at radius 2 is 1.43 bits per heavy atom. The largest absolute Gasteiger partial charge is 0.291 e. The van der Waals surface area contributed by atoms with Gasteiger partial charge in [-0.25, -0.2) is 0 Å². The third kappa shape index (κ3) is 7.24. The summed E-state index contributed by atoms with van der Waals surface area (Å²) in [5, 5.41) is 0. The van der Waals surface area contributed by atoms with E-state index < -0.39 is 0 Å². The van der Waals surface area contributed by atoms with Gasteiger partial charge in [-0.05, 0) is 63.7 Å². The van der Waals surface area contributed by atoms with Crippen LogP contribution in [0.25, 0.3) is 0 Å². The van der Waals surface area contributed by atoms with Gasteiger partial charge in [0.25, 0.3) is 0 Å². The molecule has 122 valence electrons. The van der Waals surface area contributed by atoms with E-state index in [0.717, 1.165) is 19.3 Å². The third-order valence-corrected chi connectivity index (χ3v) is 4.32. The lowest BCUT2D eigenvalue weighted by Gasteiger charge is -2.31. The van der Waals surface area contributed by atoms with Gasteiger partial charge in [0.2, 0.25) is 0 Å². The van der Waals surface area contributed by atoms with Crippen molar-refractivity contribution in [3.8, 4) is 0 Å². The first-order valence-electron chi connectivity index (χ1n) is 8.84. The molecule has 21 heavy (non-hydrogen) atoms. The van der Waals surface area contributed by atoms with E-state index in [1.54, 1.807) is 0 Å². The van der Waals surface area contributed by atoms with Crippen molar-refractivity contribution in [2.75, 3.05) is 0 Å². The van der Waals surface area contributed by atoms with Crippen LogP contribution in [0.3, 0.4) is 0 Å². The predicted molar refractivity (Wildman–Crippen MR) is 95.7 cm³/mol. The zero-order valence-corrected chi connectivity index (χ0v) is 15.3. The lowest BCUT2D eigenvalue weighted by Crippen LogP contribution is -2.30. The molecule has 0 aliphatic heterocycles. The molecular formula is C19H36N2. The molecule has 1 aliphatic rings. The van der Waals surface area contributed by atoms with E-state index >= 15 is 0 Å². The molecule has 2 heteroatoms. The third-order valence-electron chi connectivity index (χ3n) is 4.32. The van der Waals surface area contributed by atoms with Gasteiger partial charge in [-0.2, -0.15) is 0 Å². The van der Waals surface area contributed by atoms with Crippen molar-refractivity contribution >= 4 is 11.4 Å². The molecule has 3 atom stereocenters. The molecule has 0 saturated heterocycles. The van der Waals surface area contributed by atoms with Gasteiger partial charge in [-0.3, -0.25) is 9.98 Å². The van der Waals surface area contributed by atoms with Crippen molar-refractivity contribution in [3.63, 3.8) is 0 Å². The summed E-state index contributed by atoms with van der Waals surface area (Å²) in [5.41, 5.74) is 2.65. The standard InChI is InChI=1S/C19H36N2/c1-13(2)10-16(6)20-18-9-8-15(5)19(12-18)21-17(7)11-14(3)4/h13-15,18-19H,8-12H2,1-7H3. The highest BCUT2D eigenvalue weighted by molar-refractivity contribution is 5.82. The molecule has 0 aromatic rings. The molecular weight excluding hydrogens is 256 g/mol. The fourth-order valence-electron chi connectivity index (χ4n) is 3.46. The van der Waals surface area contributed by atoms with Crippen LogP contribution in [-0.2, 0) is 0 Å². The van der Waals surface area contributed by atoms with Crippen LogP contribution in [-0.4, -0.2) is 23.5 Å². The Morgan fingerprint density at radius 1 is 0.905 bits per heavy atom. The van der Waals surface area contributed by atoms with Crippen LogP contribution in [0.15, 0.2) is 9.98 Å². The second kappa shape index (κ2) is 8.70. The highest BCUT2D eigenvalue weighted by Gasteiger charge is 2.27. The fourth-order valence-corrected chi connectivity index (χ4v) is 3.46. The molecule has 3 unspecified atom stereocenters. The molecule has 0 N–H and O–H groups in total. The summed E-state index contributed by atoms with van der Waals surface area (Å²) in [5.74, 6) is 2.12. The van der Waals surface area contributed by atoms with Gasteiger partial charge in [0.05, 0.1) is 12.1 Å². The minimum Gasteiger partial charge on any atom is -0.291 e. The molecule has 0 aromatic heterocycles. The average molecular weight is 293 g/mol. The Balaban J connectivity index is 2.65.